The molecule has 6 nitrogen and oxygen atoms in total. The van der Waals surface area contributed by atoms with E-state index in [1.54, 1.807) is 16.7 Å². The molecule has 2 aliphatic heterocycles. The third-order valence-corrected chi connectivity index (χ3v) is 8.04. The van der Waals surface area contributed by atoms with Gasteiger partial charge in [-0.25, -0.2) is 0 Å². The van der Waals surface area contributed by atoms with E-state index in [2.05, 4.69) is 10.6 Å². The molecule has 0 radical (unpaired) electrons. The lowest BCUT2D eigenvalue weighted by atomic mass is 9.93. The summed E-state index contributed by atoms with van der Waals surface area (Å²) in [4.78, 5) is 40.8. The minimum atomic E-state index is -0.575. The van der Waals surface area contributed by atoms with Gasteiger partial charge in [0.1, 0.15) is 17.5 Å². The molecule has 1 aromatic rings. The molecule has 4 rings (SSSR count). The van der Waals surface area contributed by atoms with E-state index in [0.717, 1.165) is 37.7 Å². The molecule has 162 valence electrons. The summed E-state index contributed by atoms with van der Waals surface area (Å²) in [6, 6.07) is 6.65. The van der Waals surface area contributed by atoms with E-state index in [1.807, 2.05) is 38.1 Å². The fourth-order valence-corrected chi connectivity index (χ4v) is 6.20. The minimum Gasteiger partial charge on any atom is -0.352 e. The fourth-order valence-electron chi connectivity index (χ4n) is 4.73. The Kier molecular flexibility index (Phi) is 6.37. The highest BCUT2D eigenvalue weighted by molar-refractivity contribution is 7.99. The summed E-state index contributed by atoms with van der Waals surface area (Å²) >= 11 is 1.62. The number of thioether (sulfide) groups is 1. The number of hydrogen-bond donors (Lipinski definition) is 2. The molecule has 1 aliphatic carbocycles. The molecule has 1 aromatic carbocycles. The lowest BCUT2D eigenvalue weighted by Crippen LogP contribution is -2.56. The van der Waals surface area contributed by atoms with Gasteiger partial charge in [-0.1, -0.05) is 57.7 Å². The Labute approximate surface area is 182 Å². The van der Waals surface area contributed by atoms with Crippen LogP contribution in [0.15, 0.2) is 24.3 Å². The number of nitrogens with zero attached hydrogens (tertiary/aromatic N) is 1. The number of carbonyl (C=O) groups is 3. The van der Waals surface area contributed by atoms with Gasteiger partial charge in [-0.05, 0) is 30.4 Å². The molecule has 1 saturated heterocycles. The van der Waals surface area contributed by atoms with Gasteiger partial charge in [0.15, 0.2) is 0 Å². The quantitative estimate of drug-likeness (QED) is 0.728. The van der Waals surface area contributed by atoms with Crippen molar-refractivity contribution in [2.75, 3.05) is 5.75 Å². The summed E-state index contributed by atoms with van der Waals surface area (Å²) in [5, 5.41) is 6.05. The molecular weight excluding hydrogens is 398 g/mol. The normalized spacial score (nSPS) is 25.4. The Bertz CT molecular complexity index is 824. The maximum Gasteiger partial charge on any atom is 0.256 e. The van der Waals surface area contributed by atoms with Gasteiger partial charge in [-0.15, -0.1) is 11.8 Å². The molecule has 2 N–H and O–H groups in total. The first-order valence-corrected chi connectivity index (χ1v) is 12.2. The van der Waals surface area contributed by atoms with Crippen LogP contribution in [0.5, 0.6) is 0 Å². The number of rotatable bonds is 6. The zero-order valence-corrected chi connectivity index (χ0v) is 18.5. The second-order valence-electron chi connectivity index (χ2n) is 8.72. The van der Waals surface area contributed by atoms with Gasteiger partial charge in [0.25, 0.3) is 5.91 Å². The zero-order valence-electron chi connectivity index (χ0n) is 17.7. The SMILES string of the molecule is CC[C@H](C)[C@H](NC(=O)[C@@H]1CS[C@H]2c3ccccc3C(=O)N12)C(=O)NC1CCCCC1. The molecule has 3 aliphatic rings. The highest BCUT2D eigenvalue weighted by Crippen LogP contribution is 2.48. The van der Waals surface area contributed by atoms with Gasteiger partial charge < -0.3 is 15.5 Å². The lowest BCUT2D eigenvalue weighted by molar-refractivity contribution is -0.132. The van der Waals surface area contributed by atoms with Crippen molar-refractivity contribution in [1.82, 2.24) is 15.5 Å². The van der Waals surface area contributed by atoms with E-state index in [9.17, 15) is 14.4 Å². The highest BCUT2D eigenvalue weighted by Gasteiger charge is 2.48. The van der Waals surface area contributed by atoms with Crippen molar-refractivity contribution < 1.29 is 14.4 Å². The molecule has 0 unspecified atom stereocenters. The van der Waals surface area contributed by atoms with Crippen LogP contribution in [0.3, 0.4) is 0 Å². The van der Waals surface area contributed by atoms with Crippen LogP contribution in [0.4, 0.5) is 0 Å². The van der Waals surface area contributed by atoms with Gasteiger partial charge in [0, 0.05) is 17.4 Å². The van der Waals surface area contributed by atoms with E-state index in [0.29, 0.717) is 11.3 Å². The summed E-state index contributed by atoms with van der Waals surface area (Å²) < 4.78 is 0. The summed E-state index contributed by atoms with van der Waals surface area (Å²) in [7, 11) is 0. The average molecular weight is 430 g/mol. The predicted octanol–water partition coefficient (Wildman–Crippen LogP) is 3.24. The summed E-state index contributed by atoms with van der Waals surface area (Å²) in [6.07, 6.45) is 6.32. The van der Waals surface area contributed by atoms with E-state index >= 15 is 0 Å². The summed E-state index contributed by atoms with van der Waals surface area (Å²) in [5.74, 6) is 0.160. The van der Waals surface area contributed by atoms with Crippen LogP contribution >= 0.6 is 11.8 Å². The van der Waals surface area contributed by atoms with Crippen LogP contribution < -0.4 is 10.6 Å². The Balaban J connectivity index is 1.45. The molecule has 7 heteroatoms. The van der Waals surface area contributed by atoms with Crippen LogP contribution in [0.1, 0.15) is 73.7 Å². The summed E-state index contributed by atoms with van der Waals surface area (Å²) in [5.41, 5.74) is 1.66. The third-order valence-electron chi connectivity index (χ3n) is 6.74. The molecule has 2 fully saturated rings. The Morgan fingerprint density at radius 1 is 1.20 bits per heavy atom. The van der Waals surface area contributed by atoms with Gasteiger partial charge in [-0.2, -0.15) is 0 Å². The van der Waals surface area contributed by atoms with Gasteiger partial charge >= 0.3 is 0 Å². The van der Waals surface area contributed by atoms with E-state index in [-0.39, 0.29) is 35.1 Å². The average Bonchev–Trinajstić information content (AvgIpc) is 3.32. The molecule has 0 aromatic heterocycles. The largest absolute Gasteiger partial charge is 0.352 e. The molecule has 4 atom stereocenters. The molecule has 3 amide bonds. The van der Waals surface area contributed by atoms with Crippen LogP contribution in [0.2, 0.25) is 0 Å². The van der Waals surface area contributed by atoms with Crippen molar-refractivity contribution in [1.29, 1.82) is 0 Å². The van der Waals surface area contributed by atoms with Crippen molar-refractivity contribution in [3.05, 3.63) is 35.4 Å². The van der Waals surface area contributed by atoms with Crippen LogP contribution in [0.25, 0.3) is 0 Å². The van der Waals surface area contributed by atoms with Crippen LogP contribution in [0, 0.1) is 5.92 Å². The molecule has 30 heavy (non-hydrogen) atoms. The monoisotopic (exact) mass is 429 g/mol. The van der Waals surface area contributed by atoms with Gasteiger partial charge in [0.05, 0.1) is 0 Å². The van der Waals surface area contributed by atoms with Crippen LogP contribution in [-0.2, 0) is 9.59 Å². The topological polar surface area (TPSA) is 78.5 Å². The Morgan fingerprint density at radius 3 is 2.67 bits per heavy atom. The highest BCUT2D eigenvalue weighted by atomic mass is 32.2. The first-order valence-electron chi connectivity index (χ1n) is 11.1. The van der Waals surface area contributed by atoms with E-state index in [1.165, 1.54) is 6.42 Å². The number of fused-ring (bicyclic) bond motifs is 3. The Hall–Kier alpha value is -2.02. The molecule has 0 bridgehead atoms. The second kappa shape index (κ2) is 9.00. The standard InChI is InChI=1S/C23H31N3O3S/c1-3-14(2)19(21(28)24-15-9-5-4-6-10-15)25-20(27)18-13-30-23-17-12-8-7-11-16(17)22(29)26(18)23/h7-8,11-12,14-15,18-19,23H,3-6,9-10,13H2,1-2H3,(H,24,28)(H,25,27)/t14-,18-,19-,23-/m0/s1. The fraction of sp³-hybridized carbons (Fsp3) is 0.609. The second-order valence-corrected chi connectivity index (χ2v) is 9.83. The van der Waals surface area contributed by atoms with Crippen molar-refractivity contribution in [3.63, 3.8) is 0 Å². The van der Waals surface area contributed by atoms with E-state index < -0.39 is 12.1 Å². The first-order chi connectivity index (χ1) is 14.5. The number of hydrogen-bond acceptors (Lipinski definition) is 4. The smallest absolute Gasteiger partial charge is 0.256 e. The van der Waals surface area contributed by atoms with E-state index in [4.69, 9.17) is 0 Å². The molecular formula is C23H31N3O3S. The number of benzene rings is 1. The number of nitrogens with one attached hydrogen (secondary N) is 2. The lowest BCUT2D eigenvalue weighted by Gasteiger charge is -2.30. The maximum absolute atomic E-state index is 13.2. The van der Waals surface area contributed by atoms with Crippen molar-refractivity contribution in [2.24, 2.45) is 5.92 Å². The van der Waals surface area contributed by atoms with Crippen molar-refractivity contribution >= 4 is 29.5 Å². The molecule has 0 spiro atoms. The minimum absolute atomic E-state index is 0.0221. The Morgan fingerprint density at radius 2 is 1.93 bits per heavy atom. The van der Waals surface area contributed by atoms with Gasteiger partial charge in [0.2, 0.25) is 11.8 Å². The molecule has 1 saturated carbocycles. The van der Waals surface area contributed by atoms with Crippen molar-refractivity contribution in [3.8, 4) is 0 Å². The van der Waals surface area contributed by atoms with Crippen molar-refractivity contribution in [2.45, 2.75) is 75.9 Å². The predicted molar refractivity (Wildman–Crippen MR) is 118 cm³/mol. The van der Waals surface area contributed by atoms with Gasteiger partial charge in [-0.3, -0.25) is 14.4 Å². The van der Waals surface area contributed by atoms with Crippen LogP contribution in [-0.4, -0.2) is 46.5 Å². The first kappa shape index (κ1) is 21.2. The number of carbonyl (C=O) groups excluding carboxylic acids is 3. The molecule has 2 heterocycles. The number of amides is 3. The third kappa shape index (κ3) is 3.96. The zero-order chi connectivity index (χ0) is 21.3. The maximum atomic E-state index is 13.2. The summed E-state index contributed by atoms with van der Waals surface area (Å²) in [6.45, 7) is 4.02.